The van der Waals surface area contributed by atoms with Gasteiger partial charge in [0.15, 0.2) is 16.6 Å². The Labute approximate surface area is 229 Å². The second kappa shape index (κ2) is 15.3. The summed E-state index contributed by atoms with van der Waals surface area (Å²) in [5.41, 5.74) is -0.0493. The van der Waals surface area contributed by atoms with E-state index in [1.165, 1.54) is 6.08 Å². The van der Waals surface area contributed by atoms with E-state index >= 15 is 0 Å². The minimum Gasteiger partial charge on any atom is -0.462 e. The highest BCUT2D eigenvalue weighted by Gasteiger charge is 2.48. The molecule has 0 saturated heterocycles. The molecule has 0 heterocycles. The lowest BCUT2D eigenvalue weighted by Gasteiger charge is -2.44. The summed E-state index contributed by atoms with van der Waals surface area (Å²) in [6, 6.07) is 0. The second-order valence-corrected chi connectivity index (χ2v) is 28.2. The van der Waals surface area contributed by atoms with Crippen LogP contribution in [0.1, 0.15) is 20.8 Å². The Morgan fingerprint density at radius 3 is 1.73 bits per heavy atom. The first kappa shape index (κ1) is 35.7. The van der Waals surface area contributed by atoms with Crippen LogP contribution < -0.4 is 0 Å². The van der Waals surface area contributed by atoms with E-state index in [0.29, 0.717) is 13.1 Å². The van der Waals surface area contributed by atoms with Crippen LogP contribution in [0, 0.1) is 0 Å². The minimum atomic E-state index is -2.69. The summed E-state index contributed by atoms with van der Waals surface area (Å²) in [6.07, 6.45) is 6.73. The van der Waals surface area contributed by atoms with E-state index in [0.717, 1.165) is 0 Å². The van der Waals surface area contributed by atoms with Crippen LogP contribution in [0.15, 0.2) is 36.6 Å². The third-order valence-electron chi connectivity index (χ3n) is 4.83. The number of nitrogens with zero attached hydrogens (tertiary/aromatic N) is 1. The van der Waals surface area contributed by atoms with Gasteiger partial charge in [0.2, 0.25) is 0 Å². The maximum absolute atomic E-state index is 12.3. The molecular formula is C25H51NO7Si4. The van der Waals surface area contributed by atoms with Crippen molar-refractivity contribution in [3.8, 4) is 0 Å². The van der Waals surface area contributed by atoms with Crippen molar-refractivity contribution in [2.45, 2.75) is 85.2 Å². The van der Waals surface area contributed by atoms with E-state index in [2.05, 4.69) is 77.3 Å². The molecule has 0 aromatic rings. The van der Waals surface area contributed by atoms with Crippen LogP contribution in [0.3, 0.4) is 0 Å². The largest absolute Gasteiger partial charge is 0.462 e. The van der Waals surface area contributed by atoms with E-state index < -0.39 is 45.7 Å². The third kappa shape index (κ3) is 15.0. The molecule has 37 heavy (non-hydrogen) atoms. The summed E-state index contributed by atoms with van der Waals surface area (Å²) in [7, 11) is -8.83. The van der Waals surface area contributed by atoms with Gasteiger partial charge in [0, 0.05) is 18.6 Å². The Balaban J connectivity index is 6.01. The predicted molar refractivity (Wildman–Crippen MR) is 161 cm³/mol. The van der Waals surface area contributed by atoms with Crippen molar-refractivity contribution in [3.05, 3.63) is 36.6 Å². The molecular weight excluding hydrogens is 539 g/mol. The SMILES string of the molecule is C=CCN(C=CC=C(C(=O)OCC)C(=O)OCC)CC(C)[Si](C)(O[Si](C)(C)C)O[Si](C)(C)O[Si](C)(C)C. The van der Waals surface area contributed by atoms with Crippen LogP contribution in [-0.2, 0) is 31.4 Å². The number of esters is 2. The van der Waals surface area contributed by atoms with Crippen molar-refractivity contribution >= 4 is 45.7 Å². The van der Waals surface area contributed by atoms with Gasteiger partial charge in [-0.1, -0.05) is 13.0 Å². The fraction of sp³-hybridized carbons (Fsp3) is 0.680. The molecule has 0 bridgehead atoms. The molecule has 0 aromatic heterocycles. The lowest BCUT2D eigenvalue weighted by Crippen LogP contribution is -2.59. The Morgan fingerprint density at radius 1 is 0.838 bits per heavy atom. The lowest BCUT2D eigenvalue weighted by atomic mass is 10.2. The minimum absolute atomic E-state index is 0.0967. The number of allylic oxidation sites excluding steroid dienone is 2. The van der Waals surface area contributed by atoms with Crippen LogP contribution in [0.5, 0.6) is 0 Å². The lowest BCUT2D eigenvalue weighted by molar-refractivity contribution is -0.146. The first-order valence-corrected chi connectivity index (χ1v) is 25.0. The van der Waals surface area contributed by atoms with E-state index in [1.807, 2.05) is 12.3 Å². The monoisotopic (exact) mass is 589 g/mol. The molecule has 8 nitrogen and oxygen atoms in total. The summed E-state index contributed by atoms with van der Waals surface area (Å²) in [6.45, 7) is 30.4. The van der Waals surface area contributed by atoms with Crippen LogP contribution in [0.2, 0.25) is 64.5 Å². The van der Waals surface area contributed by atoms with Crippen LogP contribution in [-0.4, -0.2) is 76.9 Å². The smallest absolute Gasteiger partial charge is 0.345 e. The molecule has 214 valence electrons. The van der Waals surface area contributed by atoms with Crippen LogP contribution in [0.25, 0.3) is 0 Å². The topological polar surface area (TPSA) is 83.5 Å². The second-order valence-electron chi connectivity index (χ2n) is 11.5. The zero-order valence-corrected chi connectivity index (χ0v) is 29.2. The molecule has 0 fully saturated rings. The number of ether oxygens (including phenoxy) is 2. The van der Waals surface area contributed by atoms with Crippen LogP contribution in [0.4, 0.5) is 0 Å². The van der Waals surface area contributed by atoms with Crippen molar-refractivity contribution in [1.82, 2.24) is 4.90 Å². The average molecular weight is 590 g/mol. The van der Waals surface area contributed by atoms with Gasteiger partial charge in [-0.05, 0) is 91.1 Å². The van der Waals surface area contributed by atoms with Gasteiger partial charge in [0.1, 0.15) is 5.57 Å². The molecule has 0 aliphatic carbocycles. The van der Waals surface area contributed by atoms with E-state index in [4.69, 9.17) is 21.8 Å². The van der Waals surface area contributed by atoms with E-state index in [9.17, 15) is 9.59 Å². The molecule has 2 atom stereocenters. The molecule has 0 aliphatic rings. The van der Waals surface area contributed by atoms with Gasteiger partial charge in [-0.15, -0.1) is 6.58 Å². The maximum Gasteiger partial charge on any atom is 0.345 e. The molecule has 0 aliphatic heterocycles. The molecule has 0 saturated carbocycles. The fourth-order valence-electron chi connectivity index (χ4n) is 3.85. The zero-order chi connectivity index (χ0) is 29.1. The van der Waals surface area contributed by atoms with Crippen LogP contribution >= 0.6 is 0 Å². The van der Waals surface area contributed by atoms with Crippen molar-refractivity contribution in [2.75, 3.05) is 26.3 Å². The summed E-state index contributed by atoms with van der Waals surface area (Å²) in [5, 5.41) is 0. The first-order valence-electron chi connectivity index (χ1n) is 13.0. The third-order valence-corrected chi connectivity index (χ3v) is 18.9. The number of hydrogen-bond acceptors (Lipinski definition) is 8. The summed E-state index contributed by atoms with van der Waals surface area (Å²) >= 11 is 0. The Hall–Kier alpha value is -1.29. The van der Waals surface area contributed by atoms with Gasteiger partial charge >= 0.3 is 29.1 Å². The van der Waals surface area contributed by atoms with Gasteiger partial charge in [-0.3, -0.25) is 0 Å². The van der Waals surface area contributed by atoms with Gasteiger partial charge < -0.3 is 26.7 Å². The number of carbonyl (C=O) groups is 2. The maximum atomic E-state index is 12.3. The van der Waals surface area contributed by atoms with Gasteiger partial charge in [0.05, 0.1) is 13.2 Å². The summed E-state index contributed by atoms with van der Waals surface area (Å²) in [4.78, 5) is 26.6. The Kier molecular flexibility index (Phi) is 14.8. The summed E-state index contributed by atoms with van der Waals surface area (Å²) in [5.74, 6) is -1.42. The fourth-order valence-corrected chi connectivity index (χ4v) is 21.8. The average Bonchev–Trinajstić information content (AvgIpc) is 2.67. The molecule has 12 heteroatoms. The van der Waals surface area contributed by atoms with Crippen molar-refractivity contribution in [1.29, 1.82) is 0 Å². The number of rotatable bonds is 17. The Bertz CT molecular complexity index is 799. The molecule has 0 spiro atoms. The molecule has 0 rings (SSSR count). The summed E-state index contributed by atoms with van der Waals surface area (Å²) < 4.78 is 30.2. The standard InChI is InChI=1S/C25H51NO7Si4/c1-14-19-26(20-17-18-23(24(27)29-15-2)25(28)30-16-3)21-22(4)37(13,32-35(8,9)10)33-36(11,12)31-34(5,6)7/h14,17-18,20,22H,1,15-16,19,21H2,2-13H3. The van der Waals surface area contributed by atoms with Crippen molar-refractivity contribution in [3.63, 3.8) is 0 Å². The number of hydrogen-bond donors (Lipinski definition) is 0. The van der Waals surface area contributed by atoms with E-state index in [-0.39, 0.29) is 24.3 Å². The number of carbonyl (C=O) groups excluding carboxylic acids is 2. The van der Waals surface area contributed by atoms with Crippen molar-refractivity contribution < 1.29 is 31.4 Å². The van der Waals surface area contributed by atoms with Crippen molar-refractivity contribution in [2.24, 2.45) is 0 Å². The quantitative estimate of drug-likeness (QED) is 0.0393. The zero-order valence-electron chi connectivity index (χ0n) is 25.2. The van der Waals surface area contributed by atoms with E-state index in [1.54, 1.807) is 19.9 Å². The highest BCUT2D eigenvalue weighted by Crippen LogP contribution is 2.33. The Morgan fingerprint density at radius 2 is 1.32 bits per heavy atom. The van der Waals surface area contributed by atoms with Gasteiger partial charge in [0.25, 0.3) is 0 Å². The molecule has 0 N–H and O–H groups in total. The predicted octanol–water partition coefficient (Wildman–Crippen LogP) is 5.92. The van der Waals surface area contributed by atoms with Gasteiger partial charge in [-0.25, -0.2) is 9.59 Å². The molecule has 0 amide bonds. The molecule has 0 aromatic carbocycles. The molecule has 2 unspecified atom stereocenters. The normalized spacial score (nSPS) is 15.0. The first-order chi connectivity index (χ1) is 16.8. The highest BCUT2D eigenvalue weighted by atomic mass is 28.5. The van der Waals surface area contributed by atoms with Gasteiger partial charge in [-0.2, -0.15) is 0 Å². The molecule has 0 radical (unpaired) electrons. The highest BCUT2D eigenvalue weighted by molar-refractivity contribution is 6.89.